The highest BCUT2D eigenvalue weighted by atomic mass is 19.3. The molecule has 0 radical (unpaired) electrons. The van der Waals surface area contributed by atoms with Gasteiger partial charge in [0.25, 0.3) is 6.43 Å². The van der Waals surface area contributed by atoms with E-state index >= 15 is 0 Å². The number of hydrogen-bond acceptors (Lipinski definition) is 3. The van der Waals surface area contributed by atoms with Crippen molar-refractivity contribution in [3.05, 3.63) is 11.4 Å². The van der Waals surface area contributed by atoms with Crippen molar-refractivity contribution in [3.63, 3.8) is 0 Å². The second kappa shape index (κ2) is 4.45. The maximum absolute atomic E-state index is 12.6. The number of aliphatic hydroxyl groups excluding tert-OH is 1. The molecular weight excluding hydrogens is 192 g/mol. The van der Waals surface area contributed by atoms with Crippen molar-refractivity contribution in [2.24, 2.45) is 0 Å². The van der Waals surface area contributed by atoms with Gasteiger partial charge in [-0.3, -0.25) is 0 Å². The van der Waals surface area contributed by atoms with E-state index in [-0.39, 0.29) is 17.4 Å². The van der Waals surface area contributed by atoms with E-state index in [1.165, 1.54) is 4.68 Å². The van der Waals surface area contributed by atoms with Gasteiger partial charge >= 0.3 is 0 Å². The Labute approximate surface area is 80.5 Å². The van der Waals surface area contributed by atoms with Crippen molar-refractivity contribution in [1.82, 2.24) is 15.0 Å². The van der Waals surface area contributed by atoms with Crippen LogP contribution < -0.4 is 0 Å². The van der Waals surface area contributed by atoms with Crippen LogP contribution in [0.3, 0.4) is 0 Å². The van der Waals surface area contributed by atoms with Crippen molar-refractivity contribution in [2.75, 3.05) is 0 Å². The molecule has 0 aliphatic heterocycles. The molecule has 0 aliphatic carbocycles. The predicted octanol–water partition coefficient (Wildman–Crippen LogP) is 1.68. The molecule has 1 aromatic heterocycles. The van der Waals surface area contributed by atoms with Crippen molar-refractivity contribution >= 4 is 0 Å². The SMILES string of the molecule is CCC(C)n1nnc(CO)c1C(F)F. The van der Waals surface area contributed by atoms with Crippen LogP contribution in [0.1, 0.15) is 44.1 Å². The largest absolute Gasteiger partial charge is 0.390 e. The summed E-state index contributed by atoms with van der Waals surface area (Å²) < 4.78 is 26.4. The molecule has 0 fully saturated rings. The molecule has 14 heavy (non-hydrogen) atoms. The van der Waals surface area contributed by atoms with E-state index in [9.17, 15) is 8.78 Å². The van der Waals surface area contributed by atoms with Gasteiger partial charge in [-0.05, 0) is 13.3 Å². The molecule has 1 unspecified atom stereocenters. The van der Waals surface area contributed by atoms with E-state index in [2.05, 4.69) is 10.3 Å². The van der Waals surface area contributed by atoms with Crippen LogP contribution >= 0.6 is 0 Å². The Bertz CT molecular complexity index is 301. The molecule has 0 bridgehead atoms. The van der Waals surface area contributed by atoms with Crippen LogP contribution in [0.15, 0.2) is 0 Å². The lowest BCUT2D eigenvalue weighted by Crippen LogP contribution is -2.11. The summed E-state index contributed by atoms with van der Waals surface area (Å²) in [5.74, 6) is 0. The Balaban J connectivity index is 3.10. The van der Waals surface area contributed by atoms with E-state index in [4.69, 9.17) is 5.11 Å². The average Bonchev–Trinajstić information content (AvgIpc) is 2.59. The topological polar surface area (TPSA) is 50.9 Å². The van der Waals surface area contributed by atoms with E-state index in [1.54, 1.807) is 6.92 Å². The van der Waals surface area contributed by atoms with Crippen molar-refractivity contribution in [1.29, 1.82) is 0 Å². The molecule has 80 valence electrons. The van der Waals surface area contributed by atoms with Crippen LogP contribution in [-0.4, -0.2) is 20.1 Å². The smallest absolute Gasteiger partial charge is 0.282 e. The zero-order chi connectivity index (χ0) is 10.7. The second-order valence-electron chi connectivity index (χ2n) is 3.08. The summed E-state index contributed by atoms with van der Waals surface area (Å²) in [6.07, 6.45) is -1.96. The lowest BCUT2D eigenvalue weighted by atomic mass is 10.2. The van der Waals surface area contributed by atoms with Crippen molar-refractivity contribution in [3.8, 4) is 0 Å². The minimum atomic E-state index is -2.65. The van der Waals surface area contributed by atoms with Gasteiger partial charge in [0, 0.05) is 0 Å². The highest BCUT2D eigenvalue weighted by Gasteiger charge is 2.23. The standard InChI is InChI=1S/C8H13F2N3O/c1-3-5(2)13-7(8(9)10)6(4-14)11-12-13/h5,8,14H,3-4H2,1-2H3. The van der Waals surface area contributed by atoms with Gasteiger partial charge in [-0.25, -0.2) is 13.5 Å². The van der Waals surface area contributed by atoms with Crippen LogP contribution in [0.4, 0.5) is 8.78 Å². The summed E-state index contributed by atoms with van der Waals surface area (Å²) in [4.78, 5) is 0. The minimum absolute atomic E-state index is 0.0414. The summed E-state index contributed by atoms with van der Waals surface area (Å²) in [6.45, 7) is 3.15. The normalized spacial score (nSPS) is 13.6. The monoisotopic (exact) mass is 205 g/mol. The fraction of sp³-hybridized carbons (Fsp3) is 0.750. The quantitative estimate of drug-likeness (QED) is 0.813. The molecule has 0 spiro atoms. The first kappa shape index (κ1) is 11.0. The molecule has 0 saturated carbocycles. The van der Waals surface area contributed by atoms with Gasteiger partial charge in [0.2, 0.25) is 0 Å². The molecule has 1 heterocycles. The Hall–Kier alpha value is -1.04. The molecule has 1 aromatic rings. The van der Waals surface area contributed by atoms with Crippen LogP contribution in [0.5, 0.6) is 0 Å². The third-order valence-electron chi connectivity index (χ3n) is 2.17. The second-order valence-corrected chi connectivity index (χ2v) is 3.08. The zero-order valence-electron chi connectivity index (χ0n) is 8.11. The van der Waals surface area contributed by atoms with Gasteiger partial charge in [-0.15, -0.1) is 5.10 Å². The van der Waals surface area contributed by atoms with Crippen LogP contribution in [0.2, 0.25) is 0 Å². The number of rotatable bonds is 4. The number of nitrogens with zero attached hydrogens (tertiary/aromatic N) is 3. The first-order valence-corrected chi connectivity index (χ1v) is 4.44. The summed E-state index contributed by atoms with van der Waals surface area (Å²) in [7, 11) is 0. The molecule has 1 atom stereocenters. The summed E-state index contributed by atoms with van der Waals surface area (Å²) in [6, 6.07) is -0.133. The van der Waals surface area contributed by atoms with Gasteiger partial charge in [0.15, 0.2) is 0 Å². The van der Waals surface area contributed by atoms with Crippen LogP contribution in [0.25, 0.3) is 0 Å². The third kappa shape index (κ3) is 1.89. The van der Waals surface area contributed by atoms with E-state index < -0.39 is 13.0 Å². The predicted molar refractivity (Wildman–Crippen MR) is 45.9 cm³/mol. The van der Waals surface area contributed by atoms with E-state index in [0.717, 1.165) is 0 Å². The highest BCUT2D eigenvalue weighted by Crippen LogP contribution is 2.24. The molecule has 1 N–H and O–H groups in total. The van der Waals surface area contributed by atoms with Gasteiger partial charge in [-0.1, -0.05) is 12.1 Å². The van der Waals surface area contributed by atoms with Gasteiger partial charge < -0.3 is 5.11 Å². The minimum Gasteiger partial charge on any atom is -0.390 e. The molecule has 1 rings (SSSR count). The lowest BCUT2D eigenvalue weighted by Gasteiger charge is -2.12. The number of hydrogen-bond donors (Lipinski definition) is 1. The number of aliphatic hydroxyl groups is 1. The van der Waals surface area contributed by atoms with E-state index in [0.29, 0.717) is 6.42 Å². The first-order chi connectivity index (χ1) is 6.61. The molecular formula is C8H13F2N3O. The molecule has 0 aliphatic rings. The first-order valence-electron chi connectivity index (χ1n) is 4.44. The number of halogens is 2. The Morgan fingerprint density at radius 1 is 1.50 bits per heavy atom. The average molecular weight is 205 g/mol. The van der Waals surface area contributed by atoms with Gasteiger partial charge in [0.1, 0.15) is 11.4 Å². The molecule has 6 heteroatoms. The highest BCUT2D eigenvalue weighted by molar-refractivity contribution is 5.11. The van der Waals surface area contributed by atoms with Crippen molar-refractivity contribution in [2.45, 2.75) is 39.3 Å². The number of alkyl halides is 2. The van der Waals surface area contributed by atoms with Crippen LogP contribution in [-0.2, 0) is 6.61 Å². The zero-order valence-corrected chi connectivity index (χ0v) is 8.11. The fourth-order valence-corrected chi connectivity index (χ4v) is 1.17. The summed E-state index contributed by atoms with van der Waals surface area (Å²) in [5.41, 5.74) is -0.317. The van der Waals surface area contributed by atoms with Crippen molar-refractivity contribution < 1.29 is 13.9 Å². The lowest BCUT2D eigenvalue weighted by molar-refractivity contribution is 0.132. The van der Waals surface area contributed by atoms with Gasteiger partial charge in [-0.2, -0.15) is 0 Å². The maximum atomic E-state index is 12.6. The molecule has 0 aromatic carbocycles. The maximum Gasteiger partial charge on any atom is 0.282 e. The summed E-state index contributed by atoms with van der Waals surface area (Å²) >= 11 is 0. The van der Waals surface area contributed by atoms with E-state index in [1.807, 2.05) is 6.92 Å². The molecule has 0 saturated heterocycles. The Kier molecular flexibility index (Phi) is 3.51. The summed E-state index contributed by atoms with van der Waals surface area (Å²) in [5, 5.41) is 15.9. The molecule has 4 nitrogen and oxygen atoms in total. The number of aromatic nitrogens is 3. The third-order valence-corrected chi connectivity index (χ3v) is 2.17. The van der Waals surface area contributed by atoms with Crippen LogP contribution in [0, 0.1) is 0 Å². The Morgan fingerprint density at radius 3 is 2.57 bits per heavy atom. The molecule has 0 amide bonds. The fourth-order valence-electron chi connectivity index (χ4n) is 1.17. The van der Waals surface area contributed by atoms with Gasteiger partial charge in [0.05, 0.1) is 12.6 Å². The Morgan fingerprint density at radius 2 is 2.14 bits per heavy atom.